The van der Waals surface area contributed by atoms with Crippen LogP contribution in [0.2, 0.25) is 0 Å². The number of carbonyl (C=O) groups is 2. The van der Waals surface area contributed by atoms with Crippen molar-refractivity contribution in [1.82, 2.24) is 14.4 Å². The lowest BCUT2D eigenvalue weighted by Crippen LogP contribution is -2.34. The molecule has 32 heavy (non-hydrogen) atoms. The third kappa shape index (κ3) is 4.59. The van der Waals surface area contributed by atoms with Crippen LogP contribution in [0.5, 0.6) is 5.75 Å². The van der Waals surface area contributed by atoms with Gasteiger partial charge in [-0.3, -0.25) is 9.59 Å². The van der Waals surface area contributed by atoms with Gasteiger partial charge in [0.05, 0.1) is 19.3 Å². The molecule has 0 aromatic carbocycles. The largest absolute Gasteiger partial charge is 0.492 e. The van der Waals surface area contributed by atoms with Gasteiger partial charge in [0.15, 0.2) is 0 Å². The number of hydrogen-bond donors (Lipinski definition) is 0. The number of fused-ring (bicyclic) bond motifs is 1. The van der Waals surface area contributed by atoms with Crippen LogP contribution in [-0.4, -0.2) is 72.7 Å². The Morgan fingerprint density at radius 3 is 2.75 bits per heavy atom. The number of aromatic nitrogens is 1. The topological polar surface area (TPSA) is 81.1 Å². The second-order valence-electron chi connectivity index (χ2n) is 8.28. The van der Waals surface area contributed by atoms with Crippen molar-refractivity contribution in [2.45, 2.75) is 38.3 Å². The third-order valence-corrected chi connectivity index (χ3v) is 7.10. The van der Waals surface area contributed by atoms with Gasteiger partial charge in [0, 0.05) is 49.2 Å². The van der Waals surface area contributed by atoms with E-state index in [1.165, 1.54) is 30.9 Å². The Hall–Kier alpha value is -2.65. The maximum atomic E-state index is 12.9. The zero-order valence-corrected chi connectivity index (χ0v) is 19.4. The van der Waals surface area contributed by atoms with E-state index in [0.717, 1.165) is 19.4 Å². The number of ether oxygens (including phenoxy) is 2. The van der Waals surface area contributed by atoms with Crippen molar-refractivity contribution in [3.63, 3.8) is 0 Å². The van der Waals surface area contributed by atoms with Gasteiger partial charge in [-0.25, -0.2) is 4.79 Å². The molecular weight excluding hydrogens is 430 g/mol. The van der Waals surface area contributed by atoms with Crippen molar-refractivity contribution < 1.29 is 19.1 Å². The molecule has 1 fully saturated rings. The molecule has 2 aromatic heterocycles. The molecule has 1 amide bonds. The van der Waals surface area contributed by atoms with Crippen LogP contribution in [0.3, 0.4) is 0 Å². The molecule has 4 rings (SSSR count). The van der Waals surface area contributed by atoms with E-state index >= 15 is 0 Å². The van der Waals surface area contributed by atoms with Crippen LogP contribution in [0.15, 0.2) is 27.7 Å². The highest BCUT2D eigenvalue weighted by molar-refractivity contribution is 7.08. The minimum atomic E-state index is -0.528. The lowest BCUT2D eigenvalue weighted by molar-refractivity contribution is 0.0592. The lowest BCUT2D eigenvalue weighted by atomic mass is 10.1. The molecule has 0 aliphatic carbocycles. The summed E-state index contributed by atoms with van der Waals surface area (Å²) in [6.07, 6.45) is 3.51. The summed E-state index contributed by atoms with van der Waals surface area (Å²) in [7, 11) is 3.43. The molecule has 2 aromatic rings. The van der Waals surface area contributed by atoms with Crippen LogP contribution in [0.4, 0.5) is 0 Å². The van der Waals surface area contributed by atoms with Gasteiger partial charge < -0.3 is 23.8 Å². The third-order valence-electron chi connectivity index (χ3n) is 6.42. The van der Waals surface area contributed by atoms with E-state index in [1.807, 2.05) is 10.8 Å². The molecule has 8 nitrogen and oxygen atoms in total. The summed E-state index contributed by atoms with van der Waals surface area (Å²) < 4.78 is 12.6. The van der Waals surface area contributed by atoms with Crippen LogP contribution in [0, 0.1) is 0 Å². The van der Waals surface area contributed by atoms with Crippen molar-refractivity contribution in [3.8, 4) is 5.75 Å². The number of methoxy groups -OCH3 is 1. The van der Waals surface area contributed by atoms with Crippen LogP contribution >= 0.6 is 11.3 Å². The van der Waals surface area contributed by atoms with E-state index in [4.69, 9.17) is 9.47 Å². The van der Waals surface area contributed by atoms with Crippen molar-refractivity contribution in [3.05, 3.63) is 50.1 Å². The molecule has 4 heterocycles. The molecule has 1 atom stereocenters. The van der Waals surface area contributed by atoms with Gasteiger partial charge in [0.1, 0.15) is 11.3 Å². The Bertz CT molecular complexity index is 1030. The van der Waals surface area contributed by atoms with E-state index in [1.54, 1.807) is 15.5 Å². The quantitative estimate of drug-likeness (QED) is 0.617. The normalized spacial score (nSPS) is 18.8. The number of nitrogens with zero attached hydrogens (tertiary/aromatic N) is 3. The summed E-state index contributed by atoms with van der Waals surface area (Å²) in [4.78, 5) is 42.4. The highest BCUT2D eigenvalue weighted by atomic mass is 32.1. The minimum Gasteiger partial charge on any atom is -0.492 e. The molecular formula is C23H29N3O5S. The second kappa shape index (κ2) is 9.87. The summed E-state index contributed by atoms with van der Waals surface area (Å²) >= 11 is 1.47. The molecule has 0 spiro atoms. The van der Waals surface area contributed by atoms with Crippen LogP contribution in [0.25, 0.3) is 0 Å². The van der Waals surface area contributed by atoms with E-state index in [0.29, 0.717) is 50.0 Å². The van der Waals surface area contributed by atoms with Crippen molar-refractivity contribution in [1.29, 1.82) is 0 Å². The Balaban J connectivity index is 1.57. The summed E-state index contributed by atoms with van der Waals surface area (Å²) in [5.41, 5.74) is 1.27. The first-order valence-electron chi connectivity index (χ1n) is 11.0. The highest BCUT2D eigenvalue weighted by Gasteiger charge is 2.28. The molecule has 0 radical (unpaired) electrons. The van der Waals surface area contributed by atoms with Crippen molar-refractivity contribution in [2.24, 2.45) is 0 Å². The highest BCUT2D eigenvalue weighted by Crippen LogP contribution is 2.26. The number of thiophene rings is 1. The fourth-order valence-electron chi connectivity index (χ4n) is 4.61. The number of hydrogen-bond acceptors (Lipinski definition) is 7. The lowest BCUT2D eigenvalue weighted by Gasteiger charge is -2.21. The van der Waals surface area contributed by atoms with E-state index in [2.05, 4.69) is 11.9 Å². The Labute approximate surface area is 191 Å². The van der Waals surface area contributed by atoms with Crippen LogP contribution in [0.1, 0.15) is 45.7 Å². The van der Waals surface area contributed by atoms with Gasteiger partial charge in [-0.05, 0) is 44.3 Å². The number of pyridine rings is 1. The average Bonchev–Trinajstić information content (AvgIpc) is 3.41. The number of rotatable bonds is 6. The van der Waals surface area contributed by atoms with Gasteiger partial charge in [0.25, 0.3) is 11.5 Å². The molecule has 1 saturated heterocycles. The maximum Gasteiger partial charge on any atom is 0.343 e. The van der Waals surface area contributed by atoms with Gasteiger partial charge >= 0.3 is 5.97 Å². The predicted octanol–water partition coefficient (Wildman–Crippen LogP) is 2.26. The molecule has 0 N–H and O–H groups in total. The maximum absolute atomic E-state index is 12.9. The smallest absolute Gasteiger partial charge is 0.343 e. The Morgan fingerprint density at radius 2 is 2.06 bits per heavy atom. The number of likely N-dealkylation sites (tertiary alicyclic amines) is 1. The van der Waals surface area contributed by atoms with Crippen LogP contribution < -0.4 is 10.3 Å². The molecule has 2 aliphatic heterocycles. The van der Waals surface area contributed by atoms with Crippen molar-refractivity contribution >= 4 is 23.2 Å². The predicted molar refractivity (Wildman–Crippen MR) is 122 cm³/mol. The second-order valence-corrected chi connectivity index (χ2v) is 9.06. The van der Waals surface area contributed by atoms with Gasteiger partial charge in [-0.2, -0.15) is 11.3 Å². The zero-order chi connectivity index (χ0) is 22.7. The minimum absolute atomic E-state index is 0.0659. The zero-order valence-electron chi connectivity index (χ0n) is 18.5. The summed E-state index contributed by atoms with van der Waals surface area (Å²) in [6, 6.07) is 3.63. The fourth-order valence-corrected chi connectivity index (χ4v) is 5.24. The van der Waals surface area contributed by atoms with Gasteiger partial charge in [0.2, 0.25) is 0 Å². The standard InChI is InChI=1S/C23H29N3O5S/c1-24-8-3-4-17(24)6-12-31-19-14-20(27)26-11-10-25(22(28)16-7-13-32-15-16)9-5-18(26)21(19)23(29)30-2/h7,13-15,17H,3-6,8-12H2,1-2H3/t17-/m1/s1. The summed E-state index contributed by atoms with van der Waals surface area (Å²) in [5, 5.41) is 3.69. The first-order valence-corrected chi connectivity index (χ1v) is 11.9. The molecule has 2 aliphatic rings. The van der Waals surface area contributed by atoms with E-state index in [9.17, 15) is 14.4 Å². The molecule has 172 valence electrons. The van der Waals surface area contributed by atoms with E-state index in [-0.39, 0.29) is 22.8 Å². The monoisotopic (exact) mass is 459 g/mol. The average molecular weight is 460 g/mol. The summed E-state index contributed by atoms with van der Waals surface area (Å²) in [5.74, 6) is -0.324. The number of esters is 1. The van der Waals surface area contributed by atoms with Crippen molar-refractivity contribution in [2.75, 3.05) is 40.4 Å². The van der Waals surface area contributed by atoms with Crippen LogP contribution in [-0.2, 0) is 17.7 Å². The number of amides is 1. The first-order chi connectivity index (χ1) is 15.5. The SMILES string of the molecule is COC(=O)c1c(OCC[C@H]2CCCN2C)cc(=O)n2c1CCN(C(=O)c1ccsc1)CC2. The fraction of sp³-hybridized carbons (Fsp3) is 0.522. The van der Waals surface area contributed by atoms with Gasteiger partial charge in [-0.1, -0.05) is 0 Å². The van der Waals surface area contributed by atoms with E-state index < -0.39 is 5.97 Å². The molecule has 0 unspecified atom stereocenters. The van der Waals surface area contributed by atoms with Gasteiger partial charge in [-0.15, -0.1) is 0 Å². The molecule has 0 saturated carbocycles. The molecule has 0 bridgehead atoms. The Kier molecular flexibility index (Phi) is 6.95. The Morgan fingerprint density at radius 1 is 1.22 bits per heavy atom. The molecule has 9 heteroatoms. The first kappa shape index (κ1) is 22.5. The summed E-state index contributed by atoms with van der Waals surface area (Å²) in [6.45, 7) is 2.63. The number of carbonyl (C=O) groups excluding carboxylic acids is 2.